The van der Waals surface area contributed by atoms with Crippen molar-refractivity contribution in [3.8, 4) is 0 Å². The molecule has 0 unspecified atom stereocenters. The molecule has 0 spiro atoms. The van der Waals surface area contributed by atoms with Crippen molar-refractivity contribution in [1.82, 2.24) is 14.9 Å². The first kappa shape index (κ1) is 13.6. The van der Waals surface area contributed by atoms with Crippen molar-refractivity contribution >= 4 is 27.8 Å². The van der Waals surface area contributed by atoms with Crippen molar-refractivity contribution in [2.24, 2.45) is 5.41 Å². The number of nitrogens with zero attached hydrogens (tertiary/aromatic N) is 2. The second-order valence-electron chi connectivity index (χ2n) is 5.38. The number of rotatable bonds is 4. The zero-order valence-corrected chi connectivity index (χ0v) is 12.8. The molecule has 1 aromatic heterocycles. The molecule has 0 radical (unpaired) electrons. The number of ether oxygens (including phenoxy) is 1. The lowest BCUT2D eigenvalue weighted by Gasteiger charge is -2.13. The van der Waals surface area contributed by atoms with Gasteiger partial charge in [0.15, 0.2) is 5.69 Å². The maximum absolute atomic E-state index is 12.2. The summed E-state index contributed by atoms with van der Waals surface area (Å²) in [6.45, 7) is 1.20. The van der Waals surface area contributed by atoms with E-state index < -0.39 is 5.41 Å². The number of imidazole rings is 1. The number of amides is 1. The number of hydrogen-bond acceptors (Lipinski definition) is 4. The van der Waals surface area contributed by atoms with Crippen LogP contribution >= 0.6 is 15.9 Å². The van der Waals surface area contributed by atoms with Gasteiger partial charge in [-0.05, 0) is 35.2 Å². The molecule has 6 nitrogen and oxygen atoms in total. The number of halogens is 1. The van der Waals surface area contributed by atoms with E-state index in [1.54, 1.807) is 0 Å². The van der Waals surface area contributed by atoms with Gasteiger partial charge in [-0.3, -0.25) is 9.59 Å². The number of nitrogens with one attached hydrogen (secondary N) is 1. The lowest BCUT2D eigenvalue weighted by molar-refractivity contribution is -0.146. The molecule has 1 saturated carbocycles. The van der Waals surface area contributed by atoms with Crippen LogP contribution < -0.4 is 5.32 Å². The van der Waals surface area contributed by atoms with Crippen LogP contribution in [0.2, 0.25) is 0 Å². The first-order chi connectivity index (χ1) is 9.57. The van der Waals surface area contributed by atoms with Gasteiger partial charge in [-0.15, -0.1) is 0 Å². The van der Waals surface area contributed by atoms with Gasteiger partial charge in [0.1, 0.15) is 10.4 Å². The number of aromatic nitrogens is 2. The molecule has 1 aliphatic heterocycles. The highest BCUT2D eigenvalue weighted by molar-refractivity contribution is 9.10. The Morgan fingerprint density at radius 1 is 1.50 bits per heavy atom. The number of hydrogen-bond donors (Lipinski definition) is 1. The van der Waals surface area contributed by atoms with Crippen LogP contribution in [0.4, 0.5) is 0 Å². The molecule has 1 aromatic rings. The number of aryl methyl sites for hydroxylation is 1. The van der Waals surface area contributed by atoms with Crippen LogP contribution in [-0.4, -0.2) is 35.1 Å². The van der Waals surface area contributed by atoms with Gasteiger partial charge >= 0.3 is 5.97 Å². The molecule has 1 aliphatic carbocycles. The van der Waals surface area contributed by atoms with E-state index >= 15 is 0 Å². The number of fused-ring (bicyclic) bond motifs is 1. The molecule has 2 aliphatic rings. The quantitative estimate of drug-likeness (QED) is 0.837. The minimum Gasteiger partial charge on any atom is -0.469 e. The summed E-state index contributed by atoms with van der Waals surface area (Å²) in [6, 6.07) is 0. The van der Waals surface area contributed by atoms with E-state index in [0.29, 0.717) is 12.2 Å². The Morgan fingerprint density at radius 3 is 2.85 bits per heavy atom. The molecule has 1 fully saturated rings. The molecular weight excluding hydrogens is 326 g/mol. The van der Waals surface area contributed by atoms with E-state index in [4.69, 9.17) is 4.74 Å². The second kappa shape index (κ2) is 4.87. The Kier molecular flexibility index (Phi) is 3.32. The summed E-state index contributed by atoms with van der Waals surface area (Å²) in [5.41, 5.74) is -0.111. The highest BCUT2D eigenvalue weighted by Crippen LogP contribution is 2.46. The van der Waals surface area contributed by atoms with Crippen molar-refractivity contribution in [2.75, 3.05) is 13.7 Å². The standard InChI is InChI=1S/C13H16BrN3O3/c1-20-12(19)13(4-5-13)7-15-11(18)9-10(14)17-6-2-3-8(17)16-9/h2-7H2,1H3,(H,15,18). The van der Waals surface area contributed by atoms with Gasteiger partial charge in [0.05, 0.1) is 12.5 Å². The molecule has 0 aromatic carbocycles. The Balaban J connectivity index is 1.67. The van der Waals surface area contributed by atoms with Crippen LogP contribution in [0.25, 0.3) is 0 Å². The lowest BCUT2D eigenvalue weighted by atomic mass is 10.1. The smallest absolute Gasteiger partial charge is 0.313 e. The van der Waals surface area contributed by atoms with E-state index in [-0.39, 0.29) is 11.9 Å². The first-order valence-electron chi connectivity index (χ1n) is 6.69. The minimum atomic E-state index is -0.515. The SMILES string of the molecule is COC(=O)C1(CNC(=O)c2nc3n(c2Br)CCC3)CC1. The summed E-state index contributed by atoms with van der Waals surface area (Å²) in [5.74, 6) is 0.453. The number of carbonyl (C=O) groups excluding carboxylic acids is 2. The lowest BCUT2D eigenvalue weighted by Crippen LogP contribution is -2.35. The fraction of sp³-hybridized carbons (Fsp3) is 0.615. The van der Waals surface area contributed by atoms with E-state index in [0.717, 1.165) is 42.7 Å². The van der Waals surface area contributed by atoms with Gasteiger partial charge in [-0.2, -0.15) is 0 Å². The molecule has 20 heavy (non-hydrogen) atoms. The average molecular weight is 342 g/mol. The Bertz CT molecular complexity index is 578. The monoisotopic (exact) mass is 341 g/mol. The van der Waals surface area contributed by atoms with E-state index in [1.807, 2.05) is 4.57 Å². The maximum Gasteiger partial charge on any atom is 0.313 e. The largest absolute Gasteiger partial charge is 0.469 e. The first-order valence-corrected chi connectivity index (χ1v) is 7.48. The van der Waals surface area contributed by atoms with Crippen LogP contribution in [0.15, 0.2) is 4.60 Å². The third kappa shape index (κ3) is 2.13. The average Bonchev–Trinajstić information content (AvgIpc) is 2.99. The zero-order chi connectivity index (χ0) is 14.3. The summed E-state index contributed by atoms with van der Waals surface area (Å²) in [5, 5.41) is 2.80. The summed E-state index contributed by atoms with van der Waals surface area (Å²) >= 11 is 3.43. The van der Waals surface area contributed by atoms with Crippen LogP contribution in [-0.2, 0) is 22.5 Å². The van der Waals surface area contributed by atoms with Crippen molar-refractivity contribution in [2.45, 2.75) is 32.2 Å². The maximum atomic E-state index is 12.2. The number of methoxy groups -OCH3 is 1. The minimum absolute atomic E-state index is 0.242. The van der Waals surface area contributed by atoms with Crippen molar-refractivity contribution in [3.63, 3.8) is 0 Å². The molecule has 0 bridgehead atoms. The molecule has 0 saturated heterocycles. The third-order valence-electron chi connectivity index (χ3n) is 4.04. The predicted molar refractivity (Wildman–Crippen MR) is 74.3 cm³/mol. The number of esters is 1. The molecule has 0 atom stereocenters. The topological polar surface area (TPSA) is 73.2 Å². The summed E-state index contributed by atoms with van der Waals surface area (Å²) < 4.78 is 7.51. The van der Waals surface area contributed by atoms with Crippen molar-refractivity contribution in [3.05, 3.63) is 16.1 Å². The van der Waals surface area contributed by atoms with Gasteiger partial charge < -0.3 is 14.6 Å². The predicted octanol–water partition coefficient (Wildman–Crippen LogP) is 1.27. The molecule has 108 valence electrons. The van der Waals surface area contributed by atoms with Gasteiger partial charge in [0, 0.05) is 19.5 Å². The van der Waals surface area contributed by atoms with Crippen LogP contribution in [0.5, 0.6) is 0 Å². The fourth-order valence-electron chi connectivity index (χ4n) is 2.59. The molecule has 1 amide bonds. The number of carbonyl (C=O) groups is 2. The zero-order valence-electron chi connectivity index (χ0n) is 11.2. The normalized spacial score (nSPS) is 18.5. The molecule has 3 rings (SSSR count). The van der Waals surface area contributed by atoms with Crippen molar-refractivity contribution < 1.29 is 14.3 Å². The second-order valence-corrected chi connectivity index (χ2v) is 6.13. The summed E-state index contributed by atoms with van der Waals surface area (Å²) in [4.78, 5) is 28.2. The van der Waals surface area contributed by atoms with E-state index in [9.17, 15) is 9.59 Å². The molecular formula is C13H16BrN3O3. The van der Waals surface area contributed by atoms with Gasteiger partial charge in [0.25, 0.3) is 5.91 Å². The van der Waals surface area contributed by atoms with Gasteiger partial charge in [-0.25, -0.2) is 4.98 Å². The molecule has 2 heterocycles. The van der Waals surface area contributed by atoms with Crippen LogP contribution in [0.1, 0.15) is 35.6 Å². The van der Waals surface area contributed by atoms with Crippen LogP contribution in [0, 0.1) is 5.41 Å². The highest BCUT2D eigenvalue weighted by Gasteiger charge is 2.51. The Morgan fingerprint density at radius 2 is 2.25 bits per heavy atom. The van der Waals surface area contributed by atoms with E-state index in [2.05, 4.69) is 26.2 Å². The molecule has 7 heteroatoms. The van der Waals surface area contributed by atoms with Crippen LogP contribution in [0.3, 0.4) is 0 Å². The highest BCUT2D eigenvalue weighted by atomic mass is 79.9. The third-order valence-corrected chi connectivity index (χ3v) is 4.84. The van der Waals surface area contributed by atoms with E-state index in [1.165, 1.54) is 7.11 Å². The summed E-state index contributed by atoms with van der Waals surface area (Å²) in [6.07, 6.45) is 3.49. The Hall–Kier alpha value is -1.37. The van der Waals surface area contributed by atoms with Gasteiger partial charge in [0.2, 0.25) is 0 Å². The summed E-state index contributed by atoms with van der Waals surface area (Å²) in [7, 11) is 1.38. The van der Waals surface area contributed by atoms with Gasteiger partial charge in [-0.1, -0.05) is 0 Å². The fourth-order valence-corrected chi connectivity index (χ4v) is 3.24. The molecule has 1 N–H and O–H groups in total. The van der Waals surface area contributed by atoms with Crippen molar-refractivity contribution in [1.29, 1.82) is 0 Å². The Labute approximate surface area is 125 Å².